The highest BCUT2D eigenvalue weighted by molar-refractivity contribution is 6.33. The number of halogens is 1. The van der Waals surface area contributed by atoms with Crippen LogP contribution in [-0.2, 0) is 0 Å². The van der Waals surface area contributed by atoms with Crippen LogP contribution < -0.4 is 10.6 Å². The van der Waals surface area contributed by atoms with Crippen molar-refractivity contribution in [2.45, 2.75) is 77.4 Å². The third-order valence-corrected chi connectivity index (χ3v) is 8.48. The largest absolute Gasteiger partial charge is 0.465 e. The van der Waals surface area contributed by atoms with Gasteiger partial charge in [0.25, 0.3) is 0 Å². The van der Waals surface area contributed by atoms with E-state index in [1.807, 2.05) is 24.4 Å². The van der Waals surface area contributed by atoms with Crippen LogP contribution in [0.4, 0.5) is 10.7 Å². The first-order valence-electron chi connectivity index (χ1n) is 13.8. The number of anilines is 1. The number of para-hydroxylation sites is 1. The Morgan fingerprint density at radius 1 is 1.16 bits per heavy atom. The topological polar surface area (TPSA) is 106 Å². The molecule has 4 N–H and O–H groups in total. The number of fused-ring (bicyclic) bond motifs is 1. The van der Waals surface area contributed by atoms with E-state index in [1.54, 1.807) is 11.1 Å². The summed E-state index contributed by atoms with van der Waals surface area (Å²) in [5.74, 6) is 0.941. The van der Waals surface area contributed by atoms with Crippen LogP contribution >= 0.6 is 11.6 Å². The quantitative estimate of drug-likeness (QED) is 0.289. The number of hydrogen-bond acceptors (Lipinski definition) is 5. The van der Waals surface area contributed by atoms with Crippen LogP contribution in [0, 0.1) is 11.3 Å². The molecule has 204 valence electrons. The predicted molar refractivity (Wildman–Crippen MR) is 153 cm³/mol. The second-order valence-electron chi connectivity index (χ2n) is 11.9. The molecule has 5 rings (SSSR count). The van der Waals surface area contributed by atoms with E-state index < -0.39 is 6.09 Å². The highest BCUT2D eigenvalue weighted by Gasteiger charge is 2.41. The number of aromatic amines is 1. The molecule has 1 amide bonds. The standard InChI is InChI=1S/C29H39ClN6O2/c1-29(2,3)26-18(7-6-14-36(26)28(37)38)15-31-19-10-12-20(13-11-19)34-27-33-17-23(30)25(35-27)22-16-32-24-9-5-4-8-21(22)24/h4-5,8-9,16-20,26,31-32H,6-7,10-15H2,1-3H3,(H,37,38)(H,33,34,35). The van der Waals surface area contributed by atoms with Crippen molar-refractivity contribution in [1.82, 2.24) is 25.2 Å². The number of carbonyl (C=O) groups is 1. The molecule has 0 radical (unpaired) electrons. The second-order valence-corrected chi connectivity index (χ2v) is 12.3. The first kappa shape index (κ1) is 26.8. The van der Waals surface area contributed by atoms with Gasteiger partial charge in [0.05, 0.1) is 16.9 Å². The van der Waals surface area contributed by atoms with Crippen LogP contribution in [0.3, 0.4) is 0 Å². The van der Waals surface area contributed by atoms with Crippen LogP contribution in [0.15, 0.2) is 36.7 Å². The Morgan fingerprint density at radius 3 is 2.63 bits per heavy atom. The summed E-state index contributed by atoms with van der Waals surface area (Å²) in [7, 11) is 0. The zero-order chi connectivity index (χ0) is 26.9. The molecular formula is C29H39ClN6O2. The molecule has 9 heteroatoms. The van der Waals surface area contributed by atoms with Crippen molar-refractivity contribution in [1.29, 1.82) is 0 Å². The average molecular weight is 539 g/mol. The molecule has 1 aliphatic carbocycles. The third kappa shape index (κ3) is 5.76. The van der Waals surface area contributed by atoms with Gasteiger partial charge in [-0.3, -0.25) is 0 Å². The van der Waals surface area contributed by atoms with E-state index in [1.165, 1.54) is 0 Å². The molecule has 0 bridgehead atoms. The summed E-state index contributed by atoms with van der Waals surface area (Å²) < 4.78 is 0. The van der Waals surface area contributed by atoms with Gasteiger partial charge in [-0.15, -0.1) is 0 Å². The van der Waals surface area contributed by atoms with Crippen LogP contribution in [0.1, 0.15) is 59.3 Å². The maximum Gasteiger partial charge on any atom is 0.407 e. The van der Waals surface area contributed by atoms with E-state index in [4.69, 9.17) is 16.6 Å². The number of likely N-dealkylation sites (tertiary alicyclic amines) is 1. The Labute approximate surface area is 229 Å². The molecule has 2 aliphatic rings. The molecular weight excluding hydrogens is 500 g/mol. The first-order valence-corrected chi connectivity index (χ1v) is 14.2. The van der Waals surface area contributed by atoms with E-state index in [-0.39, 0.29) is 11.5 Å². The highest BCUT2D eigenvalue weighted by Crippen LogP contribution is 2.36. The minimum absolute atomic E-state index is 0.0349. The van der Waals surface area contributed by atoms with Gasteiger partial charge in [-0.05, 0) is 55.9 Å². The van der Waals surface area contributed by atoms with Crippen molar-refractivity contribution in [3.05, 3.63) is 41.7 Å². The number of H-pyrrole nitrogens is 1. The number of carboxylic acid groups (broad SMARTS) is 1. The van der Waals surface area contributed by atoms with Gasteiger partial charge in [-0.25, -0.2) is 14.8 Å². The number of aromatic nitrogens is 3. The number of rotatable bonds is 6. The molecule has 1 aliphatic heterocycles. The third-order valence-electron chi connectivity index (χ3n) is 8.21. The lowest BCUT2D eigenvalue weighted by Gasteiger charge is -2.47. The Balaban J connectivity index is 1.17. The molecule has 2 fully saturated rings. The molecule has 1 aromatic carbocycles. The minimum Gasteiger partial charge on any atom is -0.465 e. The summed E-state index contributed by atoms with van der Waals surface area (Å²) in [5, 5.41) is 18.7. The zero-order valence-electron chi connectivity index (χ0n) is 22.5. The smallest absolute Gasteiger partial charge is 0.407 e. The van der Waals surface area contributed by atoms with Gasteiger partial charge in [0.15, 0.2) is 0 Å². The number of nitrogens with zero attached hydrogens (tertiary/aromatic N) is 3. The lowest BCUT2D eigenvalue weighted by atomic mass is 9.74. The molecule has 3 heterocycles. The fourth-order valence-electron chi connectivity index (χ4n) is 6.51. The summed E-state index contributed by atoms with van der Waals surface area (Å²) in [5.41, 5.74) is 2.67. The molecule has 8 nitrogen and oxygen atoms in total. The number of hydrogen-bond donors (Lipinski definition) is 4. The normalized spacial score (nSPS) is 24.5. The summed E-state index contributed by atoms with van der Waals surface area (Å²) >= 11 is 6.50. The summed E-state index contributed by atoms with van der Waals surface area (Å²) in [6, 6.07) is 8.92. The number of amides is 1. The van der Waals surface area contributed by atoms with Crippen LogP contribution in [0.5, 0.6) is 0 Å². The summed E-state index contributed by atoms with van der Waals surface area (Å²) in [6.45, 7) is 7.98. The summed E-state index contributed by atoms with van der Waals surface area (Å²) in [4.78, 5) is 26.1. The van der Waals surface area contributed by atoms with Gasteiger partial charge >= 0.3 is 6.09 Å². The highest BCUT2D eigenvalue weighted by atomic mass is 35.5. The maximum atomic E-state index is 11.9. The van der Waals surface area contributed by atoms with Gasteiger partial charge in [0, 0.05) is 53.9 Å². The average Bonchev–Trinajstić information content (AvgIpc) is 3.32. The van der Waals surface area contributed by atoms with E-state index in [9.17, 15) is 9.90 Å². The van der Waals surface area contributed by atoms with Crippen molar-refractivity contribution >= 4 is 34.5 Å². The number of benzene rings is 1. The molecule has 1 saturated heterocycles. The summed E-state index contributed by atoms with van der Waals surface area (Å²) in [6.07, 6.45) is 9.03. The van der Waals surface area contributed by atoms with Crippen molar-refractivity contribution in [2.24, 2.45) is 11.3 Å². The Bertz CT molecular complexity index is 1260. The van der Waals surface area contributed by atoms with Gasteiger partial charge in [0.1, 0.15) is 0 Å². The molecule has 2 atom stereocenters. The SMILES string of the molecule is CC(C)(C)C1C(CNC2CCC(Nc3ncc(Cl)c(-c4c[nH]c5ccccc45)n3)CC2)CCCN1C(=O)O. The van der Waals surface area contributed by atoms with E-state index in [0.717, 1.165) is 67.2 Å². The Hall–Kier alpha value is -2.84. The number of piperidine rings is 1. The number of nitrogens with one attached hydrogen (secondary N) is 3. The Kier molecular flexibility index (Phi) is 7.82. The van der Waals surface area contributed by atoms with E-state index in [0.29, 0.717) is 35.5 Å². The maximum absolute atomic E-state index is 11.9. The van der Waals surface area contributed by atoms with Crippen molar-refractivity contribution in [3.63, 3.8) is 0 Å². The Morgan fingerprint density at radius 2 is 1.89 bits per heavy atom. The molecule has 1 saturated carbocycles. The van der Waals surface area contributed by atoms with Crippen molar-refractivity contribution < 1.29 is 9.90 Å². The van der Waals surface area contributed by atoms with Crippen LogP contribution in [0.25, 0.3) is 22.2 Å². The molecule has 2 unspecified atom stereocenters. The first-order chi connectivity index (χ1) is 18.2. The lowest BCUT2D eigenvalue weighted by Crippen LogP contribution is -2.56. The molecule has 0 spiro atoms. The predicted octanol–water partition coefficient (Wildman–Crippen LogP) is 6.40. The molecule has 38 heavy (non-hydrogen) atoms. The van der Waals surface area contributed by atoms with Crippen molar-refractivity contribution in [2.75, 3.05) is 18.4 Å². The van der Waals surface area contributed by atoms with E-state index >= 15 is 0 Å². The van der Waals surface area contributed by atoms with Gasteiger partial charge in [0.2, 0.25) is 5.95 Å². The zero-order valence-corrected chi connectivity index (χ0v) is 23.3. The van der Waals surface area contributed by atoms with Crippen LogP contribution in [0.2, 0.25) is 5.02 Å². The monoisotopic (exact) mass is 538 g/mol. The lowest BCUT2D eigenvalue weighted by molar-refractivity contribution is 0.0219. The molecule has 2 aromatic heterocycles. The van der Waals surface area contributed by atoms with E-state index in [2.05, 4.69) is 47.4 Å². The van der Waals surface area contributed by atoms with Crippen LogP contribution in [-0.4, -0.2) is 62.3 Å². The molecule has 3 aromatic rings. The fraction of sp³-hybridized carbons (Fsp3) is 0.552. The fourth-order valence-corrected chi connectivity index (χ4v) is 6.71. The van der Waals surface area contributed by atoms with Gasteiger partial charge < -0.3 is 25.6 Å². The van der Waals surface area contributed by atoms with Gasteiger partial charge in [-0.2, -0.15) is 0 Å². The second kappa shape index (κ2) is 11.1. The van der Waals surface area contributed by atoms with Crippen molar-refractivity contribution in [3.8, 4) is 11.3 Å². The van der Waals surface area contributed by atoms with Gasteiger partial charge in [-0.1, -0.05) is 50.6 Å². The minimum atomic E-state index is -0.793.